The van der Waals surface area contributed by atoms with Gasteiger partial charge < -0.3 is 9.88 Å². The molecule has 1 aromatic carbocycles. The molecule has 84 valence electrons. The first-order valence-corrected chi connectivity index (χ1v) is 5.66. The van der Waals surface area contributed by atoms with Gasteiger partial charge in [0.2, 0.25) is 0 Å². The number of nitriles is 1. The first-order chi connectivity index (χ1) is 8.40. The van der Waals surface area contributed by atoms with Crippen molar-refractivity contribution in [1.82, 2.24) is 14.9 Å². The van der Waals surface area contributed by atoms with Gasteiger partial charge in [0.05, 0.1) is 5.69 Å². The molecule has 0 bridgehead atoms. The summed E-state index contributed by atoms with van der Waals surface area (Å²) in [6.45, 7) is 2.52. The highest BCUT2D eigenvalue weighted by Crippen LogP contribution is 2.23. The number of rotatable bonds is 1. The summed E-state index contributed by atoms with van der Waals surface area (Å²) in [7, 11) is 0. The average molecular weight is 224 g/mol. The summed E-state index contributed by atoms with van der Waals surface area (Å²) in [6, 6.07) is 12.2. The van der Waals surface area contributed by atoms with Crippen molar-refractivity contribution in [3.05, 3.63) is 41.7 Å². The predicted octanol–water partition coefficient (Wildman–Crippen LogP) is 1.52. The van der Waals surface area contributed by atoms with Gasteiger partial charge in [0, 0.05) is 25.2 Å². The van der Waals surface area contributed by atoms with E-state index in [4.69, 9.17) is 5.26 Å². The Hall–Kier alpha value is -2.12. The predicted molar refractivity (Wildman–Crippen MR) is 64.1 cm³/mol. The monoisotopic (exact) mass is 224 g/mol. The standard InChI is InChI=1S/C13H12N4/c14-8-11-12-9-15-6-7-17(12)13(16-11)10-4-2-1-3-5-10/h1-5,15H,6-7,9H2. The number of nitrogens with one attached hydrogen (secondary N) is 1. The van der Waals surface area contributed by atoms with Crippen molar-refractivity contribution >= 4 is 0 Å². The molecular weight excluding hydrogens is 212 g/mol. The number of hydrogen-bond donors (Lipinski definition) is 1. The maximum absolute atomic E-state index is 9.10. The summed E-state index contributed by atoms with van der Waals surface area (Å²) in [6.07, 6.45) is 0. The third-order valence-corrected chi connectivity index (χ3v) is 3.02. The summed E-state index contributed by atoms with van der Waals surface area (Å²) >= 11 is 0. The number of nitrogens with zero attached hydrogens (tertiary/aromatic N) is 3. The lowest BCUT2D eigenvalue weighted by Crippen LogP contribution is -2.28. The Labute approximate surface area is 99.5 Å². The molecule has 0 fully saturated rings. The second-order valence-corrected chi connectivity index (χ2v) is 4.04. The fourth-order valence-electron chi connectivity index (χ4n) is 2.20. The van der Waals surface area contributed by atoms with Gasteiger partial charge in [0.1, 0.15) is 11.9 Å². The fourth-order valence-corrected chi connectivity index (χ4v) is 2.20. The van der Waals surface area contributed by atoms with Crippen molar-refractivity contribution in [2.45, 2.75) is 13.1 Å². The summed E-state index contributed by atoms with van der Waals surface area (Å²) in [5, 5.41) is 12.4. The highest BCUT2D eigenvalue weighted by atomic mass is 15.2. The molecule has 1 N–H and O–H groups in total. The van der Waals surface area contributed by atoms with Crippen LogP contribution in [0.1, 0.15) is 11.4 Å². The molecule has 1 aliphatic rings. The van der Waals surface area contributed by atoms with Crippen molar-refractivity contribution in [3.8, 4) is 17.5 Å². The summed E-state index contributed by atoms with van der Waals surface area (Å²) in [5.41, 5.74) is 2.60. The van der Waals surface area contributed by atoms with E-state index in [0.717, 1.165) is 36.7 Å². The maximum atomic E-state index is 9.10. The van der Waals surface area contributed by atoms with E-state index >= 15 is 0 Å². The topological polar surface area (TPSA) is 53.6 Å². The lowest BCUT2D eigenvalue weighted by atomic mass is 10.2. The first-order valence-electron chi connectivity index (χ1n) is 5.66. The third kappa shape index (κ3) is 1.61. The molecular formula is C13H12N4. The zero-order chi connectivity index (χ0) is 11.7. The van der Waals surface area contributed by atoms with Gasteiger partial charge in [-0.2, -0.15) is 5.26 Å². The fraction of sp³-hybridized carbons (Fsp3) is 0.231. The van der Waals surface area contributed by atoms with Crippen LogP contribution in [0.2, 0.25) is 0 Å². The minimum Gasteiger partial charge on any atom is -0.324 e. The minimum absolute atomic E-state index is 0.538. The summed E-state index contributed by atoms with van der Waals surface area (Å²) < 4.78 is 2.14. The molecule has 17 heavy (non-hydrogen) atoms. The Bertz CT molecular complexity index is 577. The van der Waals surface area contributed by atoms with Crippen molar-refractivity contribution in [2.75, 3.05) is 6.54 Å². The van der Waals surface area contributed by atoms with Crippen LogP contribution in [0, 0.1) is 11.3 Å². The van der Waals surface area contributed by atoms with E-state index < -0.39 is 0 Å². The molecule has 0 saturated heterocycles. The highest BCUT2D eigenvalue weighted by molar-refractivity contribution is 5.58. The molecule has 1 aliphatic heterocycles. The number of aromatic nitrogens is 2. The molecule has 1 aromatic heterocycles. The first kappa shape index (κ1) is 10.1. The van der Waals surface area contributed by atoms with Crippen LogP contribution in [0.15, 0.2) is 30.3 Å². The van der Waals surface area contributed by atoms with Crippen LogP contribution in [-0.4, -0.2) is 16.1 Å². The van der Waals surface area contributed by atoms with Crippen LogP contribution in [0.3, 0.4) is 0 Å². The highest BCUT2D eigenvalue weighted by Gasteiger charge is 2.20. The van der Waals surface area contributed by atoms with Crippen molar-refractivity contribution in [3.63, 3.8) is 0 Å². The van der Waals surface area contributed by atoms with Gasteiger partial charge in [0.15, 0.2) is 5.69 Å². The maximum Gasteiger partial charge on any atom is 0.163 e. The SMILES string of the molecule is N#Cc1nc(-c2ccccc2)n2c1CNCC2. The van der Waals surface area contributed by atoms with Gasteiger partial charge in [-0.05, 0) is 0 Å². The number of imidazole rings is 1. The Morgan fingerprint density at radius 3 is 2.88 bits per heavy atom. The molecule has 0 spiro atoms. The van der Waals surface area contributed by atoms with Crippen LogP contribution in [0.25, 0.3) is 11.4 Å². The van der Waals surface area contributed by atoms with Crippen LogP contribution < -0.4 is 5.32 Å². The quantitative estimate of drug-likeness (QED) is 0.799. The van der Waals surface area contributed by atoms with Gasteiger partial charge in [-0.15, -0.1) is 0 Å². The molecule has 0 unspecified atom stereocenters. The van der Waals surface area contributed by atoms with Crippen LogP contribution in [0.4, 0.5) is 0 Å². The molecule has 0 saturated carbocycles. The molecule has 2 heterocycles. The van der Waals surface area contributed by atoms with Crippen molar-refractivity contribution < 1.29 is 0 Å². The minimum atomic E-state index is 0.538. The Morgan fingerprint density at radius 1 is 1.29 bits per heavy atom. The summed E-state index contributed by atoms with van der Waals surface area (Å²) in [4.78, 5) is 4.44. The lowest BCUT2D eigenvalue weighted by molar-refractivity contribution is 0.519. The van der Waals surface area contributed by atoms with Crippen molar-refractivity contribution in [2.24, 2.45) is 0 Å². The Morgan fingerprint density at radius 2 is 2.12 bits per heavy atom. The molecule has 3 rings (SSSR count). The molecule has 2 aromatic rings. The molecule has 4 nitrogen and oxygen atoms in total. The van der Waals surface area contributed by atoms with Gasteiger partial charge in [-0.3, -0.25) is 0 Å². The second kappa shape index (κ2) is 4.04. The molecule has 0 radical (unpaired) electrons. The zero-order valence-corrected chi connectivity index (χ0v) is 9.35. The van der Waals surface area contributed by atoms with Crippen LogP contribution in [0.5, 0.6) is 0 Å². The van der Waals surface area contributed by atoms with E-state index in [0.29, 0.717) is 5.69 Å². The molecule has 0 aliphatic carbocycles. The Balaban J connectivity index is 2.18. The normalized spacial score (nSPS) is 14.1. The summed E-state index contributed by atoms with van der Waals surface area (Å²) in [5.74, 6) is 0.902. The van der Waals surface area contributed by atoms with E-state index in [9.17, 15) is 0 Å². The van der Waals surface area contributed by atoms with Crippen molar-refractivity contribution in [1.29, 1.82) is 5.26 Å². The molecule has 0 amide bonds. The van der Waals surface area contributed by atoms with E-state index in [2.05, 4.69) is 20.9 Å². The number of benzene rings is 1. The second-order valence-electron chi connectivity index (χ2n) is 4.04. The van der Waals surface area contributed by atoms with Gasteiger partial charge in [0.25, 0.3) is 0 Å². The van der Waals surface area contributed by atoms with E-state index in [1.54, 1.807) is 0 Å². The van der Waals surface area contributed by atoms with Gasteiger partial charge in [-0.25, -0.2) is 4.98 Å². The average Bonchev–Trinajstić information content (AvgIpc) is 2.78. The number of hydrogen-bond acceptors (Lipinski definition) is 3. The van der Waals surface area contributed by atoms with Crippen LogP contribution in [-0.2, 0) is 13.1 Å². The van der Waals surface area contributed by atoms with Gasteiger partial charge >= 0.3 is 0 Å². The number of fused-ring (bicyclic) bond motifs is 1. The van der Waals surface area contributed by atoms with E-state index in [1.807, 2.05) is 30.3 Å². The van der Waals surface area contributed by atoms with Crippen LogP contribution >= 0.6 is 0 Å². The van der Waals surface area contributed by atoms with E-state index in [1.165, 1.54) is 0 Å². The largest absolute Gasteiger partial charge is 0.324 e. The zero-order valence-electron chi connectivity index (χ0n) is 9.35. The lowest BCUT2D eigenvalue weighted by Gasteiger charge is -2.17. The molecule has 0 atom stereocenters. The smallest absolute Gasteiger partial charge is 0.163 e. The molecule has 4 heteroatoms. The van der Waals surface area contributed by atoms with Gasteiger partial charge in [-0.1, -0.05) is 30.3 Å². The Kier molecular flexibility index (Phi) is 2.39. The van der Waals surface area contributed by atoms with E-state index in [-0.39, 0.29) is 0 Å². The third-order valence-electron chi connectivity index (χ3n) is 3.02.